The zero-order valence-corrected chi connectivity index (χ0v) is 11.8. The van der Waals surface area contributed by atoms with E-state index in [0.29, 0.717) is 35.5 Å². The number of rotatable bonds is 1. The first-order valence-electron chi connectivity index (χ1n) is 7.97. The molecule has 0 nitrogen and oxygen atoms in total. The van der Waals surface area contributed by atoms with Gasteiger partial charge in [0.25, 0.3) is 0 Å². The van der Waals surface area contributed by atoms with E-state index >= 15 is 0 Å². The second kappa shape index (κ2) is 5.09. The SMILES string of the molecule is C1=CC2CC=CC(C3C=CCC4C=CC=CC43)C2C=C1. The van der Waals surface area contributed by atoms with Gasteiger partial charge in [0.2, 0.25) is 0 Å². The summed E-state index contributed by atoms with van der Waals surface area (Å²) in [5.74, 6) is 4.14. The van der Waals surface area contributed by atoms with Gasteiger partial charge in [-0.05, 0) is 48.3 Å². The lowest BCUT2D eigenvalue weighted by Crippen LogP contribution is -2.35. The highest BCUT2D eigenvalue weighted by atomic mass is 14.4. The van der Waals surface area contributed by atoms with Crippen LogP contribution in [0.3, 0.4) is 0 Å². The van der Waals surface area contributed by atoms with Crippen molar-refractivity contribution in [3.63, 3.8) is 0 Å². The standard InChI is InChI=1S/C20H22/c1-3-11-17-15(7-1)9-5-13-19(17)20-14-6-10-16-8-2-4-12-18(16)20/h1-8,11-20H,9-10H2. The average Bonchev–Trinajstić information content (AvgIpc) is 2.54. The largest absolute Gasteiger partial charge is 0.0876 e. The minimum absolute atomic E-state index is 0.662. The maximum absolute atomic E-state index is 2.49. The van der Waals surface area contributed by atoms with Crippen molar-refractivity contribution in [3.8, 4) is 0 Å². The molecule has 0 bridgehead atoms. The summed E-state index contributed by atoms with van der Waals surface area (Å²) in [6, 6.07) is 0. The first kappa shape index (κ1) is 12.2. The fourth-order valence-electron chi connectivity index (χ4n) is 4.45. The molecule has 0 aliphatic heterocycles. The molecule has 0 fully saturated rings. The molecule has 0 spiro atoms. The molecule has 0 amide bonds. The normalized spacial score (nSPS) is 44.4. The number of fused-ring (bicyclic) bond motifs is 2. The smallest absolute Gasteiger partial charge is 0.00955 e. The van der Waals surface area contributed by atoms with Crippen LogP contribution in [-0.2, 0) is 0 Å². The molecule has 0 aromatic heterocycles. The van der Waals surface area contributed by atoms with Crippen molar-refractivity contribution in [2.24, 2.45) is 35.5 Å². The number of hydrogen-bond donors (Lipinski definition) is 0. The maximum Gasteiger partial charge on any atom is -0.00955 e. The summed E-state index contributed by atoms with van der Waals surface area (Å²) in [4.78, 5) is 0. The molecule has 20 heavy (non-hydrogen) atoms. The Balaban J connectivity index is 1.66. The van der Waals surface area contributed by atoms with Crippen molar-refractivity contribution in [1.82, 2.24) is 0 Å². The summed E-state index contributed by atoms with van der Waals surface area (Å²) in [5.41, 5.74) is 0. The highest BCUT2D eigenvalue weighted by Gasteiger charge is 2.38. The van der Waals surface area contributed by atoms with Crippen molar-refractivity contribution in [2.75, 3.05) is 0 Å². The van der Waals surface area contributed by atoms with Crippen molar-refractivity contribution >= 4 is 0 Å². The third-order valence-corrected chi connectivity index (χ3v) is 5.46. The summed E-state index contributed by atoms with van der Waals surface area (Å²) in [5, 5.41) is 0. The van der Waals surface area contributed by atoms with Gasteiger partial charge in [0.1, 0.15) is 0 Å². The van der Waals surface area contributed by atoms with Crippen LogP contribution in [0.2, 0.25) is 0 Å². The second-order valence-electron chi connectivity index (χ2n) is 6.50. The summed E-state index contributed by atoms with van der Waals surface area (Å²) in [7, 11) is 0. The van der Waals surface area contributed by atoms with E-state index in [1.807, 2.05) is 0 Å². The first-order valence-corrected chi connectivity index (χ1v) is 7.97. The molecule has 0 heterocycles. The summed E-state index contributed by atoms with van der Waals surface area (Å²) >= 11 is 0. The van der Waals surface area contributed by atoms with Gasteiger partial charge in [0.15, 0.2) is 0 Å². The lowest BCUT2D eigenvalue weighted by Gasteiger charge is -2.42. The van der Waals surface area contributed by atoms with E-state index < -0.39 is 0 Å². The highest BCUT2D eigenvalue weighted by Crippen LogP contribution is 2.46. The zero-order chi connectivity index (χ0) is 13.4. The van der Waals surface area contributed by atoms with Crippen LogP contribution >= 0.6 is 0 Å². The van der Waals surface area contributed by atoms with Crippen LogP contribution in [0, 0.1) is 35.5 Å². The Morgan fingerprint density at radius 3 is 1.40 bits per heavy atom. The Kier molecular flexibility index (Phi) is 3.10. The number of allylic oxidation sites excluding steroid dienone is 12. The predicted octanol–water partition coefficient (Wildman–Crippen LogP) is 4.86. The zero-order valence-electron chi connectivity index (χ0n) is 11.8. The lowest BCUT2D eigenvalue weighted by molar-refractivity contribution is 0.217. The van der Waals surface area contributed by atoms with E-state index in [2.05, 4.69) is 72.9 Å². The first-order chi connectivity index (χ1) is 9.93. The number of hydrogen-bond acceptors (Lipinski definition) is 0. The Hall–Kier alpha value is -1.56. The van der Waals surface area contributed by atoms with Crippen LogP contribution in [-0.4, -0.2) is 0 Å². The molecule has 0 saturated heterocycles. The minimum atomic E-state index is 0.662. The van der Waals surface area contributed by atoms with Crippen molar-refractivity contribution in [1.29, 1.82) is 0 Å². The van der Waals surface area contributed by atoms with E-state index in [1.165, 1.54) is 12.8 Å². The highest BCUT2D eigenvalue weighted by molar-refractivity contribution is 5.26. The Morgan fingerprint density at radius 1 is 0.450 bits per heavy atom. The van der Waals surface area contributed by atoms with Gasteiger partial charge in [0.05, 0.1) is 0 Å². The summed E-state index contributed by atoms with van der Waals surface area (Å²) < 4.78 is 0. The summed E-state index contributed by atoms with van der Waals surface area (Å²) in [6.07, 6.45) is 30.9. The predicted molar refractivity (Wildman–Crippen MR) is 85.0 cm³/mol. The van der Waals surface area contributed by atoms with Gasteiger partial charge in [-0.25, -0.2) is 0 Å². The fourth-order valence-corrected chi connectivity index (χ4v) is 4.45. The Morgan fingerprint density at radius 2 is 0.900 bits per heavy atom. The van der Waals surface area contributed by atoms with Gasteiger partial charge >= 0.3 is 0 Å². The molecule has 0 aromatic carbocycles. The molecule has 0 radical (unpaired) electrons. The topological polar surface area (TPSA) is 0 Å². The van der Waals surface area contributed by atoms with E-state index in [0.717, 1.165) is 0 Å². The molecule has 6 unspecified atom stereocenters. The van der Waals surface area contributed by atoms with Crippen LogP contribution in [0.25, 0.3) is 0 Å². The molecule has 4 aliphatic rings. The molecule has 0 heteroatoms. The maximum atomic E-state index is 2.49. The molecule has 0 saturated carbocycles. The van der Waals surface area contributed by atoms with Crippen molar-refractivity contribution < 1.29 is 0 Å². The molecule has 0 N–H and O–H groups in total. The van der Waals surface area contributed by atoms with Gasteiger partial charge < -0.3 is 0 Å². The van der Waals surface area contributed by atoms with E-state index in [4.69, 9.17) is 0 Å². The molecular weight excluding hydrogens is 240 g/mol. The van der Waals surface area contributed by atoms with Crippen molar-refractivity contribution in [3.05, 3.63) is 72.9 Å². The molecule has 0 aromatic rings. The second-order valence-corrected chi connectivity index (χ2v) is 6.50. The van der Waals surface area contributed by atoms with Crippen LogP contribution in [0.4, 0.5) is 0 Å². The van der Waals surface area contributed by atoms with Crippen LogP contribution < -0.4 is 0 Å². The molecule has 6 atom stereocenters. The molecule has 4 rings (SSSR count). The average molecular weight is 262 g/mol. The van der Waals surface area contributed by atoms with Gasteiger partial charge in [0, 0.05) is 0 Å². The third kappa shape index (κ3) is 1.98. The molecule has 102 valence electrons. The molecule has 4 aliphatic carbocycles. The van der Waals surface area contributed by atoms with Gasteiger partial charge in [-0.1, -0.05) is 72.9 Å². The van der Waals surface area contributed by atoms with E-state index in [1.54, 1.807) is 0 Å². The Labute approximate surface area is 122 Å². The van der Waals surface area contributed by atoms with E-state index in [-0.39, 0.29) is 0 Å². The van der Waals surface area contributed by atoms with Crippen LogP contribution in [0.1, 0.15) is 12.8 Å². The fraction of sp³-hybridized carbons (Fsp3) is 0.400. The third-order valence-electron chi connectivity index (χ3n) is 5.46. The Bertz CT molecular complexity index is 490. The van der Waals surface area contributed by atoms with E-state index in [9.17, 15) is 0 Å². The van der Waals surface area contributed by atoms with Crippen molar-refractivity contribution in [2.45, 2.75) is 12.8 Å². The quantitative estimate of drug-likeness (QED) is 0.592. The van der Waals surface area contributed by atoms with Crippen LogP contribution in [0.5, 0.6) is 0 Å². The van der Waals surface area contributed by atoms with Gasteiger partial charge in [-0.15, -0.1) is 0 Å². The lowest BCUT2D eigenvalue weighted by atomic mass is 9.62. The monoisotopic (exact) mass is 262 g/mol. The molecular formula is C20H22. The van der Waals surface area contributed by atoms with Gasteiger partial charge in [-0.2, -0.15) is 0 Å². The van der Waals surface area contributed by atoms with Gasteiger partial charge in [-0.3, -0.25) is 0 Å². The van der Waals surface area contributed by atoms with Crippen LogP contribution in [0.15, 0.2) is 72.9 Å². The minimum Gasteiger partial charge on any atom is -0.0876 e. The summed E-state index contributed by atoms with van der Waals surface area (Å²) in [6.45, 7) is 0.